The molecule has 0 amide bonds. The predicted molar refractivity (Wildman–Crippen MR) is 79.6 cm³/mol. The molecule has 0 aliphatic heterocycles. The summed E-state index contributed by atoms with van der Waals surface area (Å²) in [5.41, 5.74) is 1.01. The van der Waals surface area contributed by atoms with Crippen molar-refractivity contribution >= 4 is 31.9 Å². The van der Waals surface area contributed by atoms with Crippen molar-refractivity contribution < 1.29 is 4.42 Å². The van der Waals surface area contributed by atoms with Crippen LogP contribution in [0.4, 0.5) is 0 Å². The predicted octanol–water partition coefficient (Wildman–Crippen LogP) is 4.02. The highest BCUT2D eigenvalue weighted by atomic mass is 79.9. The van der Waals surface area contributed by atoms with E-state index in [1.807, 2.05) is 18.2 Å². The second kappa shape index (κ2) is 6.50. The number of hydrogen-bond acceptors (Lipinski definition) is 3. The molecule has 3 nitrogen and oxygen atoms in total. The lowest BCUT2D eigenvalue weighted by atomic mass is 10.2. The van der Waals surface area contributed by atoms with Crippen LogP contribution in [0, 0.1) is 0 Å². The van der Waals surface area contributed by atoms with E-state index in [0.29, 0.717) is 0 Å². The summed E-state index contributed by atoms with van der Waals surface area (Å²) in [6, 6.07) is 5.98. The fourth-order valence-corrected chi connectivity index (χ4v) is 2.41. The highest BCUT2D eigenvalue weighted by molar-refractivity contribution is 9.11. The van der Waals surface area contributed by atoms with Gasteiger partial charge in [-0.3, -0.25) is 0 Å². The molecule has 0 fully saturated rings. The van der Waals surface area contributed by atoms with Crippen LogP contribution in [-0.2, 0) is 6.42 Å². The molecule has 1 aromatic carbocycles. The molecule has 0 bridgehead atoms. The first kappa shape index (κ1) is 13.8. The van der Waals surface area contributed by atoms with E-state index in [4.69, 9.17) is 4.42 Å². The van der Waals surface area contributed by atoms with Crippen LogP contribution in [0.3, 0.4) is 0 Å². The number of hydrogen-bond donors (Lipinski definition) is 1. The molecule has 0 unspecified atom stereocenters. The molecule has 0 saturated carbocycles. The molecule has 0 radical (unpaired) electrons. The van der Waals surface area contributed by atoms with E-state index in [1.54, 1.807) is 6.20 Å². The maximum atomic E-state index is 5.75. The van der Waals surface area contributed by atoms with Gasteiger partial charge >= 0.3 is 0 Å². The minimum atomic E-state index is 0.762. The lowest BCUT2D eigenvalue weighted by molar-refractivity contribution is 0.497. The van der Waals surface area contributed by atoms with Crippen LogP contribution in [0.25, 0.3) is 11.3 Å². The molecule has 18 heavy (non-hydrogen) atoms. The van der Waals surface area contributed by atoms with Gasteiger partial charge in [-0.15, -0.1) is 0 Å². The number of benzene rings is 1. The first-order chi connectivity index (χ1) is 8.70. The van der Waals surface area contributed by atoms with Gasteiger partial charge in [-0.2, -0.15) is 0 Å². The Morgan fingerprint density at radius 3 is 2.94 bits per heavy atom. The van der Waals surface area contributed by atoms with Crippen LogP contribution < -0.4 is 5.32 Å². The topological polar surface area (TPSA) is 38.1 Å². The van der Waals surface area contributed by atoms with Gasteiger partial charge in [-0.1, -0.05) is 38.8 Å². The van der Waals surface area contributed by atoms with Crippen molar-refractivity contribution in [3.63, 3.8) is 0 Å². The normalized spacial score (nSPS) is 10.8. The zero-order valence-corrected chi connectivity index (χ0v) is 13.2. The molecule has 2 aromatic rings. The number of halogens is 2. The van der Waals surface area contributed by atoms with Crippen LogP contribution in [0.5, 0.6) is 0 Å². The van der Waals surface area contributed by atoms with E-state index in [1.165, 1.54) is 0 Å². The van der Waals surface area contributed by atoms with Crippen LogP contribution >= 0.6 is 31.9 Å². The monoisotopic (exact) mass is 372 g/mol. The van der Waals surface area contributed by atoms with Crippen molar-refractivity contribution in [1.29, 1.82) is 0 Å². The molecular weight excluding hydrogens is 360 g/mol. The quantitative estimate of drug-likeness (QED) is 0.804. The summed E-state index contributed by atoms with van der Waals surface area (Å²) >= 11 is 6.98. The van der Waals surface area contributed by atoms with Crippen molar-refractivity contribution in [2.24, 2.45) is 0 Å². The van der Waals surface area contributed by atoms with Crippen molar-refractivity contribution in [2.75, 3.05) is 13.1 Å². The molecule has 0 atom stereocenters. The van der Waals surface area contributed by atoms with Gasteiger partial charge in [0.05, 0.1) is 6.20 Å². The maximum Gasteiger partial charge on any atom is 0.196 e. The molecular formula is C13H14Br2N2O. The summed E-state index contributed by atoms with van der Waals surface area (Å²) in [5, 5.41) is 3.25. The standard InChI is InChI=1S/C13H14Br2N2O/c1-2-16-6-5-13-17-8-12(18-13)10-7-9(14)3-4-11(10)15/h3-4,7-8,16H,2,5-6H2,1H3. The van der Waals surface area contributed by atoms with E-state index in [0.717, 1.165) is 45.7 Å². The van der Waals surface area contributed by atoms with E-state index in [2.05, 4.69) is 49.1 Å². The Bertz CT molecular complexity index is 525. The highest BCUT2D eigenvalue weighted by Crippen LogP contribution is 2.31. The first-order valence-electron chi connectivity index (χ1n) is 5.81. The summed E-state index contributed by atoms with van der Waals surface area (Å²) in [7, 11) is 0. The second-order valence-corrected chi connectivity index (χ2v) is 5.62. The van der Waals surface area contributed by atoms with E-state index < -0.39 is 0 Å². The molecule has 5 heteroatoms. The van der Waals surface area contributed by atoms with E-state index in [9.17, 15) is 0 Å². The Morgan fingerprint density at radius 2 is 2.17 bits per heavy atom. The highest BCUT2D eigenvalue weighted by Gasteiger charge is 2.10. The summed E-state index contributed by atoms with van der Waals surface area (Å²) in [5.74, 6) is 1.55. The minimum Gasteiger partial charge on any atom is -0.441 e. The molecule has 1 heterocycles. The van der Waals surface area contributed by atoms with Crippen molar-refractivity contribution in [1.82, 2.24) is 10.3 Å². The Kier molecular flexibility index (Phi) is 4.97. The smallest absolute Gasteiger partial charge is 0.196 e. The van der Waals surface area contributed by atoms with Crippen LogP contribution in [0.1, 0.15) is 12.8 Å². The summed E-state index contributed by atoms with van der Waals surface area (Å²) < 4.78 is 7.77. The van der Waals surface area contributed by atoms with Crippen LogP contribution in [-0.4, -0.2) is 18.1 Å². The number of aromatic nitrogens is 1. The molecule has 96 valence electrons. The fourth-order valence-electron chi connectivity index (χ4n) is 1.61. The van der Waals surface area contributed by atoms with E-state index in [-0.39, 0.29) is 0 Å². The minimum absolute atomic E-state index is 0.762. The summed E-state index contributed by atoms with van der Waals surface area (Å²) in [6.45, 7) is 3.93. The largest absolute Gasteiger partial charge is 0.441 e. The van der Waals surface area contributed by atoms with Crippen molar-refractivity contribution in [3.8, 4) is 11.3 Å². The molecule has 0 spiro atoms. The van der Waals surface area contributed by atoms with Gasteiger partial charge in [0, 0.05) is 27.5 Å². The van der Waals surface area contributed by atoms with Gasteiger partial charge in [-0.05, 0) is 24.7 Å². The van der Waals surface area contributed by atoms with Gasteiger partial charge in [0.25, 0.3) is 0 Å². The molecule has 0 aliphatic carbocycles. The summed E-state index contributed by atoms with van der Waals surface area (Å²) in [4.78, 5) is 4.29. The van der Waals surface area contributed by atoms with Crippen LogP contribution in [0.2, 0.25) is 0 Å². The second-order valence-electron chi connectivity index (χ2n) is 3.85. The van der Waals surface area contributed by atoms with Gasteiger partial charge in [0.1, 0.15) is 0 Å². The Labute approximate surface area is 123 Å². The fraction of sp³-hybridized carbons (Fsp3) is 0.308. The van der Waals surface area contributed by atoms with E-state index >= 15 is 0 Å². The number of oxazole rings is 1. The molecule has 0 saturated heterocycles. The first-order valence-corrected chi connectivity index (χ1v) is 7.40. The number of likely N-dealkylation sites (N-methyl/N-ethyl adjacent to an activating group) is 1. The zero-order chi connectivity index (χ0) is 13.0. The average Bonchev–Trinajstić information content (AvgIpc) is 2.81. The SMILES string of the molecule is CCNCCc1ncc(-c2cc(Br)ccc2Br)o1. The Balaban J connectivity index is 2.16. The van der Waals surface area contributed by atoms with Gasteiger partial charge in [0.2, 0.25) is 0 Å². The third kappa shape index (κ3) is 3.43. The zero-order valence-electron chi connectivity index (χ0n) is 10.0. The average molecular weight is 374 g/mol. The number of rotatable bonds is 5. The lowest BCUT2D eigenvalue weighted by Gasteiger charge is -2.01. The van der Waals surface area contributed by atoms with Gasteiger partial charge in [0.15, 0.2) is 11.7 Å². The molecule has 2 rings (SSSR count). The number of nitrogens with one attached hydrogen (secondary N) is 1. The van der Waals surface area contributed by atoms with Gasteiger partial charge in [-0.25, -0.2) is 4.98 Å². The Hall–Kier alpha value is -0.650. The van der Waals surface area contributed by atoms with Crippen LogP contribution in [0.15, 0.2) is 37.8 Å². The lowest BCUT2D eigenvalue weighted by Crippen LogP contribution is -2.16. The Morgan fingerprint density at radius 1 is 1.33 bits per heavy atom. The van der Waals surface area contributed by atoms with Gasteiger partial charge < -0.3 is 9.73 Å². The maximum absolute atomic E-state index is 5.75. The molecule has 1 N–H and O–H groups in total. The summed E-state index contributed by atoms with van der Waals surface area (Å²) in [6.07, 6.45) is 2.58. The van der Waals surface area contributed by atoms with Crippen molar-refractivity contribution in [3.05, 3.63) is 39.2 Å². The third-order valence-electron chi connectivity index (χ3n) is 2.51. The molecule has 0 aliphatic rings. The number of nitrogens with zero attached hydrogens (tertiary/aromatic N) is 1. The molecule has 1 aromatic heterocycles. The van der Waals surface area contributed by atoms with Crippen molar-refractivity contribution in [2.45, 2.75) is 13.3 Å². The third-order valence-corrected chi connectivity index (χ3v) is 3.70.